The fraction of sp³-hybridized carbons (Fsp3) is 0.556. The lowest BCUT2D eigenvalue weighted by molar-refractivity contribution is -0.142. The zero-order valence-corrected chi connectivity index (χ0v) is 14.6. The van der Waals surface area contributed by atoms with Gasteiger partial charge in [0.05, 0.1) is 6.10 Å². The average Bonchev–Trinajstić information content (AvgIpc) is 2.42. The van der Waals surface area contributed by atoms with Gasteiger partial charge in [0.2, 0.25) is 5.91 Å². The van der Waals surface area contributed by atoms with Crippen molar-refractivity contribution in [2.24, 2.45) is 5.73 Å². The third-order valence-corrected chi connectivity index (χ3v) is 4.52. The van der Waals surface area contributed by atoms with E-state index in [1.165, 1.54) is 5.56 Å². The predicted molar refractivity (Wildman–Crippen MR) is 89.5 cm³/mol. The highest BCUT2D eigenvalue weighted by atomic mass is 16.5. The molecule has 2 rings (SSSR count). The van der Waals surface area contributed by atoms with Crippen LogP contribution in [0.4, 0.5) is 0 Å². The lowest BCUT2D eigenvalue weighted by atomic mass is 9.91. The molecule has 1 unspecified atom stereocenters. The Morgan fingerprint density at radius 1 is 1.26 bits per heavy atom. The van der Waals surface area contributed by atoms with Gasteiger partial charge in [-0.1, -0.05) is 6.07 Å². The number of primary amides is 1. The molecule has 126 valence electrons. The maximum atomic E-state index is 11.9. The summed E-state index contributed by atoms with van der Waals surface area (Å²) < 4.78 is 5.59. The van der Waals surface area contributed by atoms with Gasteiger partial charge in [-0.15, -0.1) is 0 Å². The van der Waals surface area contributed by atoms with Crippen LogP contribution in [0.2, 0.25) is 0 Å². The van der Waals surface area contributed by atoms with Crippen LogP contribution in [0.25, 0.3) is 0 Å². The summed E-state index contributed by atoms with van der Waals surface area (Å²) in [6.07, 6.45) is -0.614. The number of rotatable bonds is 4. The molecule has 1 heterocycles. The van der Waals surface area contributed by atoms with Crippen LogP contribution in [-0.2, 0) is 16.1 Å². The lowest BCUT2D eigenvalue weighted by Crippen LogP contribution is -2.51. The number of ether oxygens (including phenoxy) is 1. The summed E-state index contributed by atoms with van der Waals surface area (Å²) in [5.41, 5.74) is 10.6. The lowest BCUT2D eigenvalue weighted by Gasteiger charge is -2.36. The van der Waals surface area contributed by atoms with Gasteiger partial charge in [0, 0.05) is 25.2 Å². The van der Waals surface area contributed by atoms with Crippen molar-refractivity contribution in [3.8, 4) is 0 Å². The van der Waals surface area contributed by atoms with Crippen molar-refractivity contribution < 1.29 is 14.3 Å². The molecular weight excluding hydrogens is 292 g/mol. The van der Waals surface area contributed by atoms with E-state index >= 15 is 0 Å². The van der Waals surface area contributed by atoms with Gasteiger partial charge < -0.3 is 10.5 Å². The van der Waals surface area contributed by atoms with Crippen molar-refractivity contribution in [3.05, 3.63) is 33.9 Å². The van der Waals surface area contributed by atoms with E-state index in [0.29, 0.717) is 13.1 Å². The van der Waals surface area contributed by atoms with E-state index in [1.54, 1.807) is 6.92 Å². The molecule has 2 N–H and O–H groups in total. The van der Waals surface area contributed by atoms with Gasteiger partial charge in [-0.2, -0.15) is 0 Å². The molecular formula is C18H26N2O3. The maximum absolute atomic E-state index is 11.9. The molecule has 0 saturated carbocycles. The number of nitrogens with zero attached hydrogens (tertiary/aromatic N) is 1. The first kappa shape index (κ1) is 17.6. The van der Waals surface area contributed by atoms with Crippen molar-refractivity contribution in [2.75, 3.05) is 13.1 Å². The highest BCUT2D eigenvalue weighted by Gasteiger charge is 2.29. The average molecular weight is 318 g/mol. The monoisotopic (exact) mass is 318 g/mol. The molecule has 5 nitrogen and oxygen atoms in total. The summed E-state index contributed by atoms with van der Waals surface area (Å²) in [7, 11) is 0. The van der Waals surface area contributed by atoms with E-state index in [0.717, 1.165) is 28.8 Å². The number of aryl methyl sites for hydroxylation is 2. The van der Waals surface area contributed by atoms with Crippen LogP contribution in [0.3, 0.4) is 0 Å². The molecule has 1 fully saturated rings. The molecule has 1 amide bonds. The van der Waals surface area contributed by atoms with Crippen molar-refractivity contribution in [3.63, 3.8) is 0 Å². The summed E-state index contributed by atoms with van der Waals surface area (Å²) in [6.45, 7) is 11.5. The van der Waals surface area contributed by atoms with E-state index in [-0.39, 0.29) is 11.9 Å². The first-order chi connectivity index (χ1) is 10.7. The predicted octanol–water partition coefficient (Wildman–Crippen LogP) is 1.89. The van der Waals surface area contributed by atoms with Gasteiger partial charge in [-0.05, 0) is 56.9 Å². The molecule has 0 bridgehead atoms. The number of morpholine rings is 1. The van der Waals surface area contributed by atoms with E-state index in [1.807, 2.05) is 20.8 Å². The Kier molecular flexibility index (Phi) is 5.22. The van der Waals surface area contributed by atoms with E-state index in [9.17, 15) is 9.59 Å². The molecule has 0 spiro atoms. The molecule has 23 heavy (non-hydrogen) atoms. The van der Waals surface area contributed by atoms with Gasteiger partial charge in [0.1, 0.15) is 6.10 Å². The minimum Gasteiger partial charge on any atom is -0.367 e. The summed E-state index contributed by atoms with van der Waals surface area (Å²) >= 11 is 0. The standard InChI is InChI=1S/C18H26N2O3/c1-10-6-11(2)17(14(5)21)13(4)15(10)8-20-7-12(3)23-16(9-20)18(19)22/h6,12,16H,7-9H2,1-5H3,(H2,19,22)/t12-,16?/m1/s1. The number of carbonyl (C=O) groups excluding carboxylic acids is 2. The fourth-order valence-corrected chi connectivity index (χ4v) is 3.56. The molecule has 0 radical (unpaired) electrons. The minimum absolute atomic E-state index is 0.0420. The molecule has 0 aliphatic carbocycles. The highest BCUT2D eigenvalue weighted by molar-refractivity contribution is 5.97. The van der Waals surface area contributed by atoms with Crippen LogP contribution in [0.5, 0.6) is 0 Å². The Labute approximate surface area is 137 Å². The quantitative estimate of drug-likeness (QED) is 0.861. The molecule has 1 aromatic carbocycles. The zero-order valence-electron chi connectivity index (χ0n) is 14.6. The Bertz CT molecular complexity index is 640. The number of ketones is 1. The van der Waals surface area contributed by atoms with Crippen LogP contribution < -0.4 is 5.73 Å². The van der Waals surface area contributed by atoms with Crippen LogP contribution in [0.1, 0.15) is 46.5 Å². The van der Waals surface area contributed by atoms with E-state index < -0.39 is 12.0 Å². The Morgan fingerprint density at radius 3 is 2.48 bits per heavy atom. The van der Waals surface area contributed by atoms with Crippen molar-refractivity contribution in [1.82, 2.24) is 4.90 Å². The van der Waals surface area contributed by atoms with E-state index in [2.05, 4.69) is 17.9 Å². The van der Waals surface area contributed by atoms with Crippen LogP contribution in [0, 0.1) is 20.8 Å². The van der Waals surface area contributed by atoms with Gasteiger partial charge in [0.25, 0.3) is 0 Å². The minimum atomic E-state index is -0.572. The Morgan fingerprint density at radius 2 is 1.91 bits per heavy atom. The first-order valence-electron chi connectivity index (χ1n) is 7.98. The number of hydrogen-bond acceptors (Lipinski definition) is 4. The topological polar surface area (TPSA) is 72.6 Å². The summed E-state index contributed by atoms with van der Waals surface area (Å²) in [5, 5.41) is 0. The third kappa shape index (κ3) is 3.79. The second-order valence-electron chi connectivity index (χ2n) is 6.58. The van der Waals surface area contributed by atoms with Crippen LogP contribution in [-0.4, -0.2) is 41.9 Å². The van der Waals surface area contributed by atoms with Gasteiger partial charge in [-0.3, -0.25) is 14.5 Å². The number of nitrogens with two attached hydrogens (primary N) is 1. The van der Waals surface area contributed by atoms with E-state index in [4.69, 9.17) is 10.5 Å². The van der Waals surface area contributed by atoms with Crippen molar-refractivity contribution in [1.29, 1.82) is 0 Å². The molecule has 1 aliphatic heterocycles. The van der Waals surface area contributed by atoms with Crippen LogP contribution in [0.15, 0.2) is 6.07 Å². The second-order valence-corrected chi connectivity index (χ2v) is 6.58. The Hall–Kier alpha value is -1.72. The van der Waals surface area contributed by atoms with Crippen LogP contribution >= 0.6 is 0 Å². The smallest absolute Gasteiger partial charge is 0.247 e. The number of carbonyl (C=O) groups is 2. The maximum Gasteiger partial charge on any atom is 0.247 e. The summed E-state index contributed by atoms with van der Waals surface area (Å²) in [4.78, 5) is 25.6. The number of hydrogen-bond donors (Lipinski definition) is 1. The van der Waals surface area contributed by atoms with Crippen molar-refractivity contribution in [2.45, 2.75) is 53.4 Å². The largest absolute Gasteiger partial charge is 0.367 e. The normalized spacial score (nSPS) is 22.1. The molecule has 5 heteroatoms. The number of benzene rings is 1. The second kappa shape index (κ2) is 6.81. The number of amides is 1. The Balaban J connectivity index is 2.31. The van der Waals surface area contributed by atoms with Crippen molar-refractivity contribution >= 4 is 11.7 Å². The third-order valence-electron chi connectivity index (χ3n) is 4.52. The SMILES string of the molecule is CC(=O)c1c(C)cc(C)c(CN2CC(C(N)=O)O[C@H](C)C2)c1C. The molecule has 1 aliphatic rings. The van der Waals surface area contributed by atoms with Gasteiger partial charge in [0.15, 0.2) is 5.78 Å². The first-order valence-corrected chi connectivity index (χ1v) is 7.98. The molecule has 0 aromatic heterocycles. The molecule has 1 saturated heterocycles. The number of Topliss-reactive ketones (excluding diaryl/α,β-unsaturated/α-hetero) is 1. The highest BCUT2D eigenvalue weighted by Crippen LogP contribution is 2.25. The van der Waals surface area contributed by atoms with Gasteiger partial charge >= 0.3 is 0 Å². The summed E-state index contributed by atoms with van der Waals surface area (Å²) in [6, 6.07) is 2.06. The van der Waals surface area contributed by atoms with Gasteiger partial charge in [-0.25, -0.2) is 0 Å². The molecule has 1 aromatic rings. The molecule has 2 atom stereocenters. The summed E-state index contributed by atoms with van der Waals surface area (Å²) in [5.74, 6) is -0.338. The fourth-order valence-electron chi connectivity index (χ4n) is 3.56. The zero-order chi connectivity index (χ0) is 17.3.